The Balaban J connectivity index is 1.55. The van der Waals surface area contributed by atoms with Gasteiger partial charge < -0.3 is 14.7 Å². The number of likely N-dealkylation sites (tertiary alicyclic amines) is 1. The predicted octanol–water partition coefficient (Wildman–Crippen LogP) is 2.37. The number of hydrogen-bond donors (Lipinski definition) is 1. The second kappa shape index (κ2) is 6.72. The van der Waals surface area contributed by atoms with Crippen molar-refractivity contribution in [3.8, 4) is 11.4 Å². The van der Waals surface area contributed by atoms with Crippen molar-refractivity contribution >= 4 is 11.9 Å². The summed E-state index contributed by atoms with van der Waals surface area (Å²) in [5, 5.41) is 14.0. The molecule has 1 saturated carbocycles. The van der Waals surface area contributed by atoms with Crippen molar-refractivity contribution in [1.82, 2.24) is 14.7 Å². The number of aliphatic carboxylic acids is 1. The number of carbonyl (C=O) groups excluding carboxylic acids is 1. The smallest absolute Gasteiger partial charge is 0.308 e. The molecule has 1 aliphatic carbocycles. The number of benzene rings is 1. The molecule has 27 heavy (non-hydrogen) atoms. The molecule has 2 aliphatic rings. The molecule has 1 aromatic heterocycles. The van der Waals surface area contributed by atoms with Gasteiger partial charge in [0.05, 0.1) is 18.7 Å². The number of nitrogens with zero attached hydrogens (tertiary/aromatic N) is 3. The molecular weight excluding hydrogens is 346 g/mol. The Hall–Kier alpha value is -2.83. The number of carboxylic acids is 1. The average molecular weight is 369 g/mol. The van der Waals surface area contributed by atoms with Gasteiger partial charge in [-0.15, -0.1) is 0 Å². The predicted molar refractivity (Wildman–Crippen MR) is 98.1 cm³/mol. The SMILES string of the molecule is COc1ccc(-n2nc(C(=O)N3C[C@H](C(=O)O)[C@@H](C4CC4)C3)cc2C)cc1. The van der Waals surface area contributed by atoms with Gasteiger partial charge >= 0.3 is 5.97 Å². The van der Waals surface area contributed by atoms with Crippen LogP contribution in [0.4, 0.5) is 0 Å². The molecule has 1 saturated heterocycles. The number of methoxy groups -OCH3 is 1. The summed E-state index contributed by atoms with van der Waals surface area (Å²) in [4.78, 5) is 26.2. The lowest BCUT2D eigenvalue weighted by molar-refractivity contribution is -0.142. The maximum absolute atomic E-state index is 12.9. The van der Waals surface area contributed by atoms with Crippen molar-refractivity contribution in [1.29, 1.82) is 0 Å². The van der Waals surface area contributed by atoms with Crippen molar-refractivity contribution in [2.75, 3.05) is 20.2 Å². The molecule has 0 spiro atoms. The van der Waals surface area contributed by atoms with Gasteiger partial charge in [0.2, 0.25) is 0 Å². The van der Waals surface area contributed by atoms with Crippen molar-refractivity contribution < 1.29 is 19.4 Å². The van der Waals surface area contributed by atoms with E-state index in [1.54, 1.807) is 22.8 Å². The normalized spacial score (nSPS) is 22.1. The summed E-state index contributed by atoms with van der Waals surface area (Å²) in [6.45, 7) is 2.67. The highest BCUT2D eigenvalue weighted by molar-refractivity contribution is 5.93. The molecule has 0 radical (unpaired) electrons. The molecule has 142 valence electrons. The average Bonchev–Trinajstić information content (AvgIpc) is 3.29. The molecule has 4 rings (SSSR count). The van der Waals surface area contributed by atoms with Gasteiger partial charge in [0.15, 0.2) is 5.69 Å². The van der Waals surface area contributed by atoms with Crippen LogP contribution < -0.4 is 4.74 Å². The lowest BCUT2D eigenvalue weighted by Gasteiger charge is -2.14. The Kier molecular flexibility index (Phi) is 4.37. The first-order valence-corrected chi connectivity index (χ1v) is 9.21. The van der Waals surface area contributed by atoms with E-state index < -0.39 is 11.9 Å². The second-order valence-electron chi connectivity index (χ2n) is 7.44. The molecule has 1 amide bonds. The number of carbonyl (C=O) groups is 2. The standard InChI is InChI=1S/C20H23N3O4/c1-12-9-18(21-23(12)14-5-7-15(27-2)8-6-14)19(24)22-10-16(13-3-4-13)17(11-22)20(25)26/h5-9,13,16-17H,3-4,10-11H2,1-2H3,(H,25,26)/t16-,17+/m1/s1. The zero-order chi connectivity index (χ0) is 19.1. The highest BCUT2D eigenvalue weighted by Gasteiger charge is 2.47. The molecule has 1 N–H and O–H groups in total. The molecule has 2 atom stereocenters. The van der Waals surface area contributed by atoms with Crippen molar-refractivity contribution in [2.45, 2.75) is 19.8 Å². The molecule has 0 bridgehead atoms. The van der Waals surface area contributed by atoms with Crippen molar-refractivity contribution in [3.05, 3.63) is 41.7 Å². The summed E-state index contributed by atoms with van der Waals surface area (Å²) in [5.74, 6) is -0.199. The number of hydrogen-bond acceptors (Lipinski definition) is 4. The largest absolute Gasteiger partial charge is 0.497 e. The Bertz CT molecular complexity index is 870. The topological polar surface area (TPSA) is 84.7 Å². The minimum atomic E-state index is -0.804. The summed E-state index contributed by atoms with van der Waals surface area (Å²) < 4.78 is 6.89. The van der Waals surface area contributed by atoms with Gasteiger partial charge in [-0.2, -0.15) is 5.10 Å². The Morgan fingerprint density at radius 1 is 1.19 bits per heavy atom. The maximum atomic E-state index is 12.9. The van der Waals surface area contributed by atoms with E-state index in [4.69, 9.17) is 4.74 Å². The van der Waals surface area contributed by atoms with E-state index in [9.17, 15) is 14.7 Å². The van der Waals surface area contributed by atoms with Gasteiger partial charge in [-0.25, -0.2) is 4.68 Å². The van der Waals surface area contributed by atoms with E-state index >= 15 is 0 Å². The molecule has 7 nitrogen and oxygen atoms in total. The fourth-order valence-corrected chi connectivity index (χ4v) is 3.98. The number of aromatic nitrogens is 2. The van der Waals surface area contributed by atoms with Gasteiger partial charge in [-0.05, 0) is 61.9 Å². The fraction of sp³-hybridized carbons (Fsp3) is 0.450. The van der Waals surface area contributed by atoms with Crippen LogP contribution in [0, 0.1) is 24.7 Å². The zero-order valence-corrected chi connectivity index (χ0v) is 15.5. The van der Waals surface area contributed by atoms with Crippen LogP contribution in [0.3, 0.4) is 0 Å². The Morgan fingerprint density at radius 2 is 1.89 bits per heavy atom. The minimum Gasteiger partial charge on any atom is -0.497 e. The third-order valence-electron chi connectivity index (χ3n) is 5.62. The first kappa shape index (κ1) is 17.6. The van der Waals surface area contributed by atoms with Gasteiger partial charge in [-0.1, -0.05) is 0 Å². The number of rotatable bonds is 5. The lowest BCUT2D eigenvalue weighted by atomic mass is 9.92. The Morgan fingerprint density at radius 3 is 2.48 bits per heavy atom. The van der Waals surface area contributed by atoms with Crippen LogP contribution in [0.15, 0.2) is 30.3 Å². The summed E-state index contributed by atoms with van der Waals surface area (Å²) in [6, 6.07) is 9.21. The highest BCUT2D eigenvalue weighted by atomic mass is 16.5. The third-order valence-corrected chi connectivity index (χ3v) is 5.62. The molecule has 2 heterocycles. The van der Waals surface area contributed by atoms with E-state index in [2.05, 4.69) is 5.10 Å². The summed E-state index contributed by atoms with van der Waals surface area (Å²) in [7, 11) is 1.61. The van der Waals surface area contributed by atoms with E-state index in [0.717, 1.165) is 30.0 Å². The zero-order valence-electron chi connectivity index (χ0n) is 15.5. The first-order valence-electron chi connectivity index (χ1n) is 9.21. The van der Waals surface area contributed by atoms with Crippen LogP contribution in [0.25, 0.3) is 5.69 Å². The minimum absolute atomic E-state index is 0.0659. The summed E-state index contributed by atoms with van der Waals surface area (Å²) in [5.41, 5.74) is 2.04. The van der Waals surface area contributed by atoms with Crippen LogP contribution >= 0.6 is 0 Å². The van der Waals surface area contributed by atoms with Gasteiger partial charge in [0, 0.05) is 18.8 Å². The molecule has 1 aliphatic heterocycles. The van der Waals surface area contributed by atoms with Crippen molar-refractivity contribution in [3.63, 3.8) is 0 Å². The highest BCUT2D eigenvalue weighted by Crippen LogP contribution is 2.44. The molecule has 7 heteroatoms. The number of amides is 1. The molecule has 2 aromatic rings. The molecule has 1 aromatic carbocycles. The van der Waals surface area contributed by atoms with Crippen LogP contribution in [0.5, 0.6) is 5.75 Å². The van der Waals surface area contributed by atoms with Gasteiger partial charge in [0.25, 0.3) is 5.91 Å². The van der Waals surface area contributed by atoms with Gasteiger partial charge in [-0.3, -0.25) is 9.59 Å². The monoisotopic (exact) mass is 369 g/mol. The van der Waals surface area contributed by atoms with Crippen LogP contribution in [-0.2, 0) is 4.79 Å². The number of aryl methyl sites for hydroxylation is 1. The lowest BCUT2D eigenvalue weighted by Crippen LogP contribution is -2.30. The van der Waals surface area contributed by atoms with Crippen molar-refractivity contribution in [2.24, 2.45) is 17.8 Å². The number of carboxylic acid groups (broad SMARTS) is 1. The van der Waals surface area contributed by atoms with Crippen LogP contribution in [0.1, 0.15) is 29.0 Å². The Labute approximate surface area is 157 Å². The quantitative estimate of drug-likeness (QED) is 0.875. The molecular formula is C20H23N3O4. The van der Waals surface area contributed by atoms with E-state index in [1.807, 2.05) is 31.2 Å². The first-order chi connectivity index (χ1) is 13.0. The molecule has 0 unspecified atom stereocenters. The van der Waals surface area contributed by atoms with E-state index in [-0.39, 0.29) is 18.4 Å². The summed E-state index contributed by atoms with van der Waals surface area (Å²) >= 11 is 0. The van der Waals surface area contributed by atoms with E-state index in [1.165, 1.54) is 0 Å². The van der Waals surface area contributed by atoms with E-state index in [0.29, 0.717) is 18.2 Å². The fourth-order valence-electron chi connectivity index (χ4n) is 3.98. The maximum Gasteiger partial charge on any atom is 0.308 e. The van der Waals surface area contributed by atoms with Gasteiger partial charge in [0.1, 0.15) is 5.75 Å². The molecule has 2 fully saturated rings. The second-order valence-corrected chi connectivity index (χ2v) is 7.44. The van der Waals surface area contributed by atoms with Crippen LogP contribution in [0.2, 0.25) is 0 Å². The van der Waals surface area contributed by atoms with Crippen LogP contribution in [-0.4, -0.2) is 51.9 Å². The third kappa shape index (κ3) is 3.29. The summed E-state index contributed by atoms with van der Waals surface area (Å²) in [6.07, 6.45) is 2.14. The number of ether oxygens (including phenoxy) is 1.